The molecule has 1 aliphatic heterocycles. The van der Waals surface area contributed by atoms with Crippen molar-refractivity contribution in [1.29, 1.82) is 0 Å². The maximum absolute atomic E-state index is 11.8. The fourth-order valence-corrected chi connectivity index (χ4v) is 2.27. The summed E-state index contributed by atoms with van der Waals surface area (Å²) in [4.78, 5) is 15.8. The van der Waals surface area contributed by atoms with Gasteiger partial charge in [0.1, 0.15) is 0 Å². The van der Waals surface area contributed by atoms with E-state index in [1.807, 2.05) is 12.5 Å². The van der Waals surface area contributed by atoms with E-state index in [2.05, 4.69) is 20.2 Å². The van der Waals surface area contributed by atoms with Crippen LogP contribution in [0.15, 0.2) is 18.7 Å². The third-order valence-electron chi connectivity index (χ3n) is 3.37. The summed E-state index contributed by atoms with van der Waals surface area (Å²) in [6, 6.07) is 0. The van der Waals surface area contributed by atoms with Crippen molar-refractivity contribution >= 4 is 5.91 Å². The fourth-order valence-electron chi connectivity index (χ4n) is 2.27. The van der Waals surface area contributed by atoms with E-state index in [4.69, 9.17) is 0 Å². The molecule has 2 rings (SSSR count). The number of hydrogen-bond acceptors (Lipinski definition) is 3. The minimum absolute atomic E-state index is 0.174. The highest BCUT2D eigenvalue weighted by Crippen LogP contribution is 2.09. The van der Waals surface area contributed by atoms with Crippen LogP contribution in [-0.4, -0.2) is 35.1 Å². The van der Waals surface area contributed by atoms with Gasteiger partial charge in [0.05, 0.1) is 12.2 Å². The number of aryl methyl sites for hydroxylation is 1. The lowest BCUT2D eigenvalue weighted by atomic mass is 9.99. The number of unbranched alkanes of at least 4 members (excludes halogenated alkanes) is 1. The topological polar surface area (TPSA) is 59.0 Å². The molecule has 0 radical (unpaired) electrons. The van der Waals surface area contributed by atoms with E-state index in [0.29, 0.717) is 0 Å². The number of hydrogen-bond donors (Lipinski definition) is 2. The second-order valence-corrected chi connectivity index (χ2v) is 4.84. The summed E-state index contributed by atoms with van der Waals surface area (Å²) < 4.78 is 2.06. The van der Waals surface area contributed by atoms with E-state index in [1.54, 1.807) is 6.20 Å². The number of piperidine rings is 1. The molecule has 1 amide bonds. The number of rotatable bonds is 6. The Kier molecular flexibility index (Phi) is 5.20. The van der Waals surface area contributed by atoms with Crippen LogP contribution in [0, 0.1) is 5.92 Å². The van der Waals surface area contributed by atoms with Gasteiger partial charge < -0.3 is 15.2 Å². The smallest absolute Gasteiger partial charge is 0.224 e. The molecular weight excluding hydrogens is 228 g/mol. The standard InChI is InChI=1S/C13H22N4O/c18-13(12-4-3-5-14-10-12)16-6-1-2-8-17-9-7-15-11-17/h7,9,11-12,14H,1-6,8,10H2,(H,16,18). The first-order valence-corrected chi connectivity index (χ1v) is 6.80. The SMILES string of the molecule is O=C(NCCCCn1ccnc1)C1CCCNC1. The number of nitrogens with one attached hydrogen (secondary N) is 2. The van der Waals surface area contributed by atoms with Gasteiger partial charge in [0.25, 0.3) is 0 Å². The molecule has 1 atom stereocenters. The molecule has 5 heteroatoms. The quantitative estimate of drug-likeness (QED) is 0.734. The van der Waals surface area contributed by atoms with Crippen LogP contribution in [-0.2, 0) is 11.3 Å². The zero-order valence-electron chi connectivity index (χ0n) is 10.8. The third-order valence-corrected chi connectivity index (χ3v) is 3.37. The number of carbonyl (C=O) groups excluding carboxylic acids is 1. The van der Waals surface area contributed by atoms with Gasteiger partial charge in [-0.2, -0.15) is 0 Å². The van der Waals surface area contributed by atoms with Crippen LogP contribution in [0.3, 0.4) is 0 Å². The van der Waals surface area contributed by atoms with Crippen molar-refractivity contribution in [1.82, 2.24) is 20.2 Å². The summed E-state index contributed by atoms with van der Waals surface area (Å²) in [5.41, 5.74) is 0. The van der Waals surface area contributed by atoms with E-state index in [1.165, 1.54) is 0 Å². The Morgan fingerprint density at radius 2 is 2.44 bits per heavy atom. The predicted molar refractivity (Wildman–Crippen MR) is 70.1 cm³/mol. The Labute approximate surface area is 108 Å². The molecule has 0 aromatic carbocycles. The number of nitrogens with zero attached hydrogens (tertiary/aromatic N) is 2. The molecule has 1 aromatic rings. The van der Waals surface area contributed by atoms with Gasteiger partial charge in [0, 0.05) is 32.0 Å². The van der Waals surface area contributed by atoms with E-state index in [-0.39, 0.29) is 11.8 Å². The van der Waals surface area contributed by atoms with Crippen molar-refractivity contribution in [2.24, 2.45) is 5.92 Å². The molecule has 1 aromatic heterocycles. The first-order chi connectivity index (χ1) is 8.86. The van der Waals surface area contributed by atoms with Crippen molar-refractivity contribution in [2.75, 3.05) is 19.6 Å². The number of imidazole rings is 1. The first kappa shape index (κ1) is 13.1. The normalized spacial score (nSPS) is 19.7. The highest BCUT2D eigenvalue weighted by Gasteiger charge is 2.19. The number of carbonyl (C=O) groups is 1. The van der Waals surface area contributed by atoms with Gasteiger partial charge in [0.15, 0.2) is 0 Å². The summed E-state index contributed by atoms with van der Waals surface area (Å²) in [5, 5.41) is 6.29. The van der Waals surface area contributed by atoms with Crippen molar-refractivity contribution < 1.29 is 4.79 Å². The summed E-state index contributed by atoms with van der Waals surface area (Å²) in [6.07, 6.45) is 9.80. The summed E-state index contributed by atoms with van der Waals surface area (Å²) in [6.45, 7) is 3.64. The molecule has 0 saturated carbocycles. The van der Waals surface area contributed by atoms with Gasteiger partial charge in [-0.3, -0.25) is 4.79 Å². The van der Waals surface area contributed by atoms with Crippen LogP contribution in [0.5, 0.6) is 0 Å². The van der Waals surface area contributed by atoms with Crippen molar-refractivity contribution in [3.8, 4) is 0 Å². The van der Waals surface area contributed by atoms with Crippen LogP contribution in [0.1, 0.15) is 25.7 Å². The molecule has 1 unspecified atom stereocenters. The maximum atomic E-state index is 11.8. The zero-order valence-corrected chi connectivity index (χ0v) is 10.8. The Morgan fingerprint density at radius 1 is 1.50 bits per heavy atom. The van der Waals surface area contributed by atoms with E-state index in [0.717, 1.165) is 51.9 Å². The van der Waals surface area contributed by atoms with Gasteiger partial charge >= 0.3 is 0 Å². The highest BCUT2D eigenvalue weighted by atomic mass is 16.1. The molecule has 2 N–H and O–H groups in total. The van der Waals surface area contributed by atoms with Gasteiger partial charge in [-0.25, -0.2) is 4.98 Å². The average molecular weight is 250 g/mol. The summed E-state index contributed by atoms with van der Waals surface area (Å²) >= 11 is 0. The monoisotopic (exact) mass is 250 g/mol. The number of aromatic nitrogens is 2. The van der Waals surface area contributed by atoms with Crippen molar-refractivity contribution in [3.05, 3.63) is 18.7 Å². The minimum atomic E-state index is 0.174. The molecule has 1 aliphatic rings. The Morgan fingerprint density at radius 3 is 3.17 bits per heavy atom. The van der Waals surface area contributed by atoms with Crippen LogP contribution >= 0.6 is 0 Å². The minimum Gasteiger partial charge on any atom is -0.356 e. The molecule has 1 fully saturated rings. The average Bonchev–Trinajstić information content (AvgIpc) is 2.92. The van der Waals surface area contributed by atoms with E-state index < -0.39 is 0 Å². The van der Waals surface area contributed by atoms with E-state index >= 15 is 0 Å². The first-order valence-electron chi connectivity index (χ1n) is 6.80. The lowest BCUT2D eigenvalue weighted by Gasteiger charge is -2.21. The largest absolute Gasteiger partial charge is 0.356 e. The maximum Gasteiger partial charge on any atom is 0.224 e. The molecule has 1 saturated heterocycles. The molecular formula is C13H22N4O. The van der Waals surface area contributed by atoms with Gasteiger partial charge in [-0.1, -0.05) is 0 Å². The van der Waals surface area contributed by atoms with Crippen LogP contribution in [0.25, 0.3) is 0 Å². The summed E-state index contributed by atoms with van der Waals surface area (Å²) in [5.74, 6) is 0.386. The van der Waals surface area contributed by atoms with Gasteiger partial charge in [0.2, 0.25) is 5.91 Å². The van der Waals surface area contributed by atoms with Crippen molar-refractivity contribution in [2.45, 2.75) is 32.2 Å². The van der Waals surface area contributed by atoms with Crippen LogP contribution in [0.2, 0.25) is 0 Å². The van der Waals surface area contributed by atoms with Crippen molar-refractivity contribution in [3.63, 3.8) is 0 Å². The zero-order chi connectivity index (χ0) is 12.6. The molecule has 0 aliphatic carbocycles. The lowest BCUT2D eigenvalue weighted by Crippen LogP contribution is -2.40. The molecule has 0 bridgehead atoms. The van der Waals surface area contributed by atoms with E-state index in [9.17, 15) is 4.79 Å². The summed E-state index contributed by atoms with van der Waals surface area (Å²) in [7, 11) is 0. The number of amides is 1. The Hall–Kier alpha value is -1.36. The molecule has 100 valence electrons. The second kappa shape index (κ2) is 7.16. The molecule has 2 heterocycles. The van der Waals surface area contributed by atoms with Crippen LogP contribution in [0.4, 0.5) is 0 Å². The van der Waals surface area contributed by atoms with Gasteiger partial charge in [-0.15, -0.1) is 0 Å². The van der Waals surface area contributed by atoms with Crippen LogP contribution < -0.4 is 10.6 Å². The fraction of sp³-hybridized carbons (Fsp3) is 0.692. The molecule has 5 nitrogen and oxygen atoms in total. The predicted octanol–water partition coefficient (Wildman–Crippen LogP) is 0.779. The van der Waals surface area contributed by atoms with Gasteiger partial charge in [-0.05, 0) is 32.2 Å². The Bertz CT molecular complexity index is 344. The molecule has 0 spiro atoms. The molecule has 18 heavy (non-hydrogen) atoms. The highest BCUT2D eigenvalue weighted by molar-refractivity contribution is 5.78. The second-order valence-electron chi connectivity index (χ2n) is 4.84. The Balaban J connectivity index is 1.53. The lowest BCUT2D eigenvalue weighted by molar-refractivity contribution is -0.125. The third kappa shape index (κ3) is 4.14.